The fourth-order valence-corrected chi connectivity index (χ4v) is 3.59. The molecule has 3 rings (SSSR count). The number of nitriles is 1. The van der Waals surface area contributed by atoms with Gasteiger partial charge < -0.3 is 15.2 Å². The Labute approximate surface area is 180 Å². The number of fused-ring (bicyclic) bond motifs is 1. The molecule has 158 valence electrons. The summed E-state index contributed by atoms with van der Waals surface area (Å²) in [7, 11) is 0. The Morgan fingerprint density at radius 2 is 2.10 bits per heavy atom. The van der Waals surface area contributed by atoms with Crippen LogP contribution in [0.2, 0.25) is 0 Å². The van der Waals surface area contributed by atoms with Gasteiger partial charge in [-0.1, -0.05) is 30.9 Å². The predicted molar refractivity (Wildman–Crippen MR) is 117 cm³/mol. The molecule has 0 amide bonds. The molecule has 0 spiro atoms. The zero-order valence-electron chi connectivity index (χ0n) is 17.2. The maximum atomic E-state index is 14.0. The monoisotopic (exact) mass is 418 g/mol. The first-order chi connectivity index (χ1) is 15.0. The molecule has 31 heavy (non-hydrogen) atoms. The molecule has 0 saturated carbocycles. The summed E-state index contributed by atoms with van der Waals surface area (Å²) in [5.74, 6) is -0.741. The number of carbonyl (C=O) groups is 1. The van der Waals surface area contributed by atoms with Gasteiger partial charge in [-0.3, -0.25) is 0 Å². The molecule has 1 atom stereocenters. The number of carboxylic acids is 1. The quantitative estimate of drug-likeness (QED) is 0.493. The molecule has 0 fully saturated rings. The largest absolute Gasteiger partial charge is 0.493 e. The molecule has 0 bridgehead atoms. The number of nitrogens with one attached hydrogen (secondary N) is 1. The third-order valence-electron chi connectivity index (χ3n) is 5.20. The summed E-state index contributed by atoms with van der Waals surface area (Å²) >= 11 is 0. The van der Waals surface area contributed by atoms with Crippen LogP contribution in [0.4, 0.5) is 4.39 Å². The number of aliphatic carboxylic acids is 1. The molecule has 0 saturated heterocycles. The zero-order chi connectivity index (χ0) is 22.4. The van der Waals surface area contributed by atoms with E-state index in [1.807, 2.05) is 24.3 Å². The van der Waals surface area contributed by atoms with E-state index in [1.165, 1.54) is 24.3 Å². The van der Waals surface area contributed by atoms with E-state index in [4.69, 9.17) is 10.00 Å². The smallest absolute Gasteiger partial charge is 0.337 e. The van der Waals surface area contributed by atoms with Crippen LogP contribution < -0.4 is 10.1 Å². The molecule has 0 aliphatic carbocycles. The first kappa shape index (κ1) is 21.8. The van der Waals surface area contributed by atoms with Gasteiger partial charge in [0.15, 0.2) is 0 Å². The van der Waals surface area contributed by atoms with Gasteiger partial charge in [-0.25, -0.2) is 9.18 Å². The number of carboxylic acid groups (broad SMARTS) is 1. The summed E-state index contributed by atoms with van der Waals surface area (Å²) < 4.78 is 19.8. The van der Waals surface area contributed by atoms with Crippen LogP contribution in [0.3, 0.4) is 0 Å². The number of ether oxygens (including phenoxy) is 1. The van der Waals surface area contributed by atoms with Crippen molar-refractivity contribution in [2.45, 2.75) is 19.3 Å². The second-order valence-corrected chi connectivity index (χ2v) is 7.11. The molecule has 1 aliphatic heterocycles. The second-order valence-electron chi connectivity index (χ2n) is 7.11. The molecular weight excluding hydrogens is 395 g/mol. The van der Waals surface area contributed by atoms with E-state index in [-0.39, 0.29) is 17.1 Å². The van der Waals surface area contributed by atoms with Crippen molar-refractivity contribution >= 4 is 5.97 Å². The van der Waals surface area contributed by atoms with Gasteiger partial charge in [0, 0.05) is 18.2 Å². The predicted octanol–water partition coefficient (Wildman–Crippen LogP) is 4.92. The summed E-state index contributed by atoms with van der Waals surface area (Å²) in [5.41, 5.74) is 3.09. The Kier molecular flexibility index (Phi) is 6.88. The van der Waals surface area contributed by atoms with Crippen LogP contribution in [0.15, 0.2) is 72.5 Å². The topological polar surface area (TPSA) is 82.3 Å². The SMILES string of the molecule is C=C/C(NCC1CCOc2cc(-c3ccc(C#N)c(F)c3)ccc21)=C(\C=C/C)C(=O)O. The van der Waals surface area contributed by atoms with Crippen LogP contribution in [-0.2, 0) is 4.79 Å². The molecular formula is C25H23FN2O3. The van der Waals surface area contributed by atoms with Crippen molar-refractivity contribution in [2.24, 2.45) is 0 Å². The first-order valence-corrected chi connectivity index (χ1v) is 9.91. The molecule has 1 heterocycles. The molecule has 1 unspecified atom stereocenters. The number of rotatable bonds is 7. The van der Waals surface area contributed by atoms with E-state index in [0.29, 0.717) is 24.4 Å². The Hall–Kier alpha value is -3.85. The van der Waals surface area contributed by atoms with Crippen molar-refractivity contribution in [3.8, 4) is 22.9 Å². The third-order valence-corrected chi connectivity index (χ3v) is 5.20. The van der Waals surface area contributed by atoms with Gasteiger partial charge in [0.05, 0.1) is 17.7 Å². The van der Waals surface area contributed by atoms with Crippen molar-refractivity contribution in [3.05, 3.63) is 89.4 Å². The van der Waals surface area contributed by atoms with E-state index in [9.17, 15) is 14.3 Å². The molecule has 0 radical (unpaired) electrons. The van der Waals surface area contributed by atoms with Crippen LogP contribution in [0.1, 0.15) is 30.4 Å². The number of halogens is 1. The number of hydrogen-bond acceptors (Lipinski definition) is 4. The second kappa shape index (κ2) is 9.77. The fraction of sp³-hybridized carbons (Fsp3) is 0.200. The number of benzene rings is 2. The third kappa shape index (κ3) is 4.84. The minimum atomic E-state index is -1.02. The van der Waals surface area contributed by atoms with Gasteiger partial charge in [-0.2, -0.15) is 5.26 Å². The summed E-state index contributed by atoms with van der Waals surface area (Å²) in [5, 5.41) is 21.5. The van der Waals surface area contributed by atoms with Gasteiger partial charge in [-0.05, 0) is 60.4 Å². The van der Waals surface area contributed by atoms with Crippen LogP contribution in [0.5, 0.6) is 5.75 Å². The van der Waals surface area contributed by atoms with E-state index >= 15 is 0 Å². The Bertz CT molecular complexity index is 1110. The highest BCUT2D eigenvalue weighted by molar-refractivity contribution is 5.91. The minimum absolute atomic E-state index is 0.00817. The highest BCUT2D eigenvalue weighted by Crippen LogP contribution is 2.37. The molecule has 2 aromatic carbocycles. The molecule has 2 aromatic rings. The van der Waals surface area contributed by atoms with Gasteiger partial charge >= 0.3 is 5.97 Å². The van der Waals surface area contributed by atoms with Crippen molar-refractivity contribution in [2.75, 3.05) is 13.2 Å². The van der Waals surface area contributed by atoms with Crippen LogP contribution in [0, 0.1) is 17.1 Å². The molecule has 1 aliphatic rings. The average Bonchev–Trinajstić information content (AvgIpc) is 2.78. The van der Waals surface area contributed by atoms with Crippen molar-refractivity contribution in [1.29, 1.82) is 5.26 Å². The summed E-state index contributed by atoms with van der Waals surface area (Å²) in [4.78, 5) is 11.5. The maximum Gasteiger partial charge on any atom is 0.337 e. The highest BCUT2D eigenvalue weighted by atomic mass is 19.1. The normalized spacial score (nSPS) is 16.0. The molecule has 6 heteroatoms. The van der Waals surface area contributed by atoms with Crippen LogP contribution in [-0.4, -0.2) is 24.2 Å². The molecule has 2 N–H and O–H groups in total. The first-order valence-electron chi connectivity index (χ1n) is 9.91. The molecule has 0 aromatic heterocycles. The van der Waals surface area contributed by atoms with Gasteiger partial charge in [0.25, 0.3) is 0 Å². The van der Waals surface area contributed by atoms with Gasteiger partial charge in [-0.15, -0.1) is 0 Å². The number of allylic oxidation sites excluding steroid dienone is 2. The lowest BCUT2D eigenvalue weighted by atomic mass is 9.90. The van der Waals surface area contributed by atoms with E-state index in [2.05, 4.69) is 11.9 Å². The lowest BCUT2D eigenvalue weighted by molar-refractivity contribution is -0.132. The highest BCUT2D eigenvalue weighted by Gasteiger charge is 2.23. The molecule has 5 nitrogen and oxygen atoms in total. The Balaban J connectivity index is 1.84. The van der Waals surface area contributed by atoms with Gasteiger partial charge in [0.1, 0.15) is 17.6 Å². The van der Waals surface area contributed by atoms with Crippen molar-refractivity contribution in [1.82, 2.24) is 5.32 Å². The summed E-state index contributed by atoms with van der Waals surface area (Å²) in [6, 6.07) is 12.1. The fourth-order valence-electron chi connectivity index (χ4n) is 3.59. The Morgan fingerprint density at radius 3 is 2.74 bits per heavy atom. The number of nitrogens with zero attached hydrogens (tertiary/aromatic N) is 1. The lowest BCUT2D eigenvalue weighted by Crippen LogP contribution is -2.26. The van der Waals surface area contributed by atoms with E-state index in [0.717, 1.165) is 23.3 Å². The standard InChI is InChI=1S/C25H23FN2O3/c1-3-5-21(25(29)30)23(4-2)28-15-19-10-11-31-24-13-17(8-9-20(19)24)16-6-7-18(14-27)22(26)12-16/h3-9,12-13,19,28H,2,10-11,15H2,1H3,(H,29,30)/b5-3-,23-21-. The van der Waals surface area contributed by atoms with Crippen molar-refractivity contribution < 1.29 is 19.0 Å². The average molecular weight is 418 g/mol. The van der Waals surface area contributed by atoms with Crippen LogP contribution in [0.25, 0.3) is 11.1 Å². The van der Waals surface area contributed by atoms with E-state index in [1.54, 1.807) is 19.1 Å². The summed E-state index contributed by atoms with van der Waals surface area (Å²) in [6.07, 6.45) is 5.49. The summed E-state index contributed by atoms with van der Waals surface area (Å²) in [6.45, 7) is 6.54. The Morgan fingerprint density at radius 1 is 1.35 bits per heavy atom. The van der Waals surface area contributed by atoms with Gasteiger partial charge in [0.2, 0.25) is 0 Å². The maximum absolute atomic E-state index is 14.0. The number of hydrogen-bond donors (Lipinski definition) is 2. The lowest BCUT2D eigenvalue weighted by Gasteiger charge is -2.27. The minimum Gasteiger partial charge on any atom is -0.493 e. The van der Waals surface area contributed by atoms with Crippen LogP contribution >= 0.6 is 0 Å². The van der Waals surface area contributed by atoms with Crippen molar-refractivity contribution in [3.63, 3.8) is 0 Å². The zero-order valence-corrected chi connectivity index (χ0v) is 17.2. The van der Waals surface area contributed by atoms with E-state index < -0.39 is 11.8 Å².